The van der Waals surface area contributed by atoms with E-state index in [0.29, 0.717) is 36.1 Å². The summed E-state index contributed by atoms with van der Waals surface area (Å²) in [5.74, 6) is -0.646. The van der Waals surface area contributed by atoms with Crippen LogP contribution in [0.4, 0.5) is 11.4 Å². The van der Waals surface area contributed by atoms with Gasteiger partial charge in [-0.1, -0.05) is 11.6 Å². The molecule has 0 saturated carbocycles. The molecule has 1 aromatic carbocycles. The fraction of sp³-hybridized carbons (Fsp3) is 0.348. The van der Waals surface area contributed by atoms with E-state index in [-0.39, 0.29) is 30.4 Å². The lowest BCUT2D eigenvalue weighted by atomic mass is 10.1. The number of hydrogen-bond donors (Lipinski definition) is 1. The van der Waals surface area contributed by atoms with Gasteiger partial charge < -0.3 is 24.6 Å². The summed E-state index contributed by atoms with van der Waals surface area (Å²) in [6.45, 7) is 1.39. The molecule has 0 unspecified atom stereocenters. The van der Waals surface area contributed by atoms with Crippen LogP contribution in [0.3, 0.4) is 0 Å². The minimum absolute atomic E-state index is 0.0681. The molecule has 2 aliphatic rings. The van der Waals surface area contributed by atoms with Crippen LogP contribution < -0.4 is 10.2 Å². The Morgan fingerprint density at radius 1 is 1.24 bits per heavy atom. The molecular weight excluding hydrogens is 466 g/mol. The molecule has 0 spiro atoms. The molecule has 8 nitrogen and oxygen atoms in total. The lowest BCUT2D eigenvalue weighted by molar-refractivity contribution is -0.132. The van der Waals surface area contributed by atoms with Crippen molar-refractivity contribution in [2.24, 2.45) is 0 Å². The number of amides is 3. The van der Waals surface area contributed by atoms with E-state index in [2.05, 4.69) is 5.32 Å². The predicted octanol–water partition coefficient (Wildman–Crippen LogP) is 3.03. The zero-order valence-corrected chi connectivity index (χ0v) is 19.6. The van der Waals surface area contributed by atoms with Gasteiger partial charge in [-0.25, -0.2) is 0 Å². The van der Waals surface area contributed by atoms with E-state index in [1.165, 1.54) is 22.3 Å². The van der Waals surface area contributed by atoms with Crippen molar-refractivity contribution in [2.45, 2.75) is 18.6 Å². The minimum atomic E-state index is -0.653. The first kappa shape index (κ1) is 23.4. The van der Waals surface area contributed by atoms with Crippen molar-refractivity contribution in [2.75, 3.05) is 43.6 Å². The van der Waals surface area contributed by atoms with Crippen LogP contribution in [-0.2, 0) is 23.9 Å². The Hall–Kier alpha value is -2.72. The van der Waals surface area contributed by atoms with Gasteiger partial charge in [0.25, 0.3) is 5.91 Å². The maximum absolute atomic E-state index is 13.0. The molecule has 3 heterocycles. The Kier molecular flexibility index (Phi) is 7.44. The van der Waals surface area contributed by atoms with Crippen molar-refractivity contribution < 1.29 is 23.9 Å². The molecule has 2 fully saturated rings. The molecule has 2 atom stereocenters. The number of methoxy groups -OCH3 is 1. The van der Waals surface area contributed by atoms with E-state index in [1.54, 1.807) is 48.4 Å². The summed E-state index contributed by atoms with van der Waals surface area (Å²) in [6.07, 6.45) is 3.34. The zero-order chi connectivity index (χ0) is 23.4. The first-order valence-corrected chi connectivity index (χ1v) is 11.7. The third-order valence-electron chi connectivity index (χ3n) is 5.60. The monoisotopic (exact) mass is 489 g/mol. The fourth-order valence-electron chi connectivity index (χ4n) is 3.87. The molecule has 33 heavy (non-hydrogen) atoms. The van der Waals surface area contributed by atoms with Crippen molar-refractivity contribution in [3.8, 4) is 0 Å². The number of likely N-dealkylation sites (tertiary alicyclic amines) is 1. The third-order valence-corrected chi connectivity index (χ3v) is 6.79. The van der Waals surface area contributed by atoms with E-state index in [4.69, 9.17) is 21.1 Å². The topological polar surface area (TPSA) is 88.2 Å². The third kappa shape index (κ3) is 5.62. The summed E-state index contributed by atoms with van der Waals surface area (Å²) in [4.78, 5) is 41.9. The van der Waals surface area contributed by atoms with Crippen LogP contribution in [0.2, 0.25) is 4.34 Å². The number of nitrogens with one attached hydrogen (secondary N) is 1. The summed E-state index contributed by atoms with van der Waals surface area (Å²) in [6, 6.07) is 9.99. The summed E-state index contributed by atoms with van der Waals surface area (Å²) >= 11 is 7.31. The van der Waals surface area contributed by atoms with Crippen molar-refractivity contribution >= 4 is 58.1 Å². The number of carbonyl (C=O) groups excluding carboxylic acids is 3. The summed E-state index contributed by atoms with van der Waals surface area (Å²) < 4.78 is 11.2. The molecule has 0 aliphatic carbocycles. The number of carbonyl (C=O) groups is 3. The molecular formula is C23H24ClN3O5S. The van der Waals surface area contributed by atoms with Gasteiger partial charge in [-0.05, 0) is 42.5 Å². The van der Waals surface area contributed by atoms with Crippen LogP contribution in [0, 0.1) is 0 Å². The molecule has 2 saturated heterocycles. The maximum atomic E-state index is 13.0. The van der Waals surface area contributed by atoms with Gasteiger partial charge in [-0.15, -0.1) is 11.3 Å². The van der Waals surface area contributed by atoms with Gasteiger partial charge in [0, 0.05) is 48.9 Å². The Balaban J connectivity index is 1.42. The minimum Gasteiger partial charge on any atom is -0.380 e. The molecule has 10 heteroatoms. The SMILES string of the molecule is CO[C@@H]1C[C@H](C(=O)Nc2ccc(N3CCOCC3=O)cc2)N(C(=O)/C=C/c2ccc(Cl)s2)C1. The van der Waals surface area contributed by atoms with Gasteiger partial charge in [-0.3, -0.25) is 14.4 Å². The lowest BCUT2D eigenvalue weighted by Gasteiger charge is -2.27. The number of nitrogens with zero attached hydrogens (tertiary/aromatic N) is 2. The molecule has 2 aromatic rings. The second kappa shape index (κ2) is 10.5. The van der Waals surface area contributed by atoms with Crippen LogP contribution in [-0.4, -0.2) is 68.2 Å². The van der Waals surface area contributed by atoms with E-state index in [1.807, 2.05) is 6.07 Å². The Labute approximate surface area is 200 Å². The van der Waals surface area contributed by atoms with Gasteiger partial charge in [-0.2, -0.15) is 0 Å². The Morgan fingerprint density at radius 2 is 2.03 bits per heavy atom. The molecule has 174 valence electrons. The van der Waals surface area contributed by atoms with Crippen molar-refractivity contribution in [1.82, 2.24) is 4.90 Å². The number of halogens is 1. The smallest absolute Gasteiger partial charge is 0.253 e. The zero-order valence-electron chi connectivity index (χ0n) is 18.0. The fourth-order valence-corrected chi connectivity index (χ4v) is 4.83. The molecule has 1 N–H and O–H groups in total. The molecule has 1 aromatic heterocycles. The van der Waals surface area contributed by atoms with Crippen LogP contribution in [0.5, 0.6) is 0 Å². The highest BCUT2D eigenvalue weighted by Crippen LogP contribution is 2.25. The maximum Gasteiger partial charge on any atom is 0.253 e. The highest BCUT2D eigenvalue weighted by molar-refractivity contribution is 7.17. The Morgan fingerprint density at radius 3 is 2.70 bits per heavy atom. The Bertz CT molecular complexity index is 1050. The molecule has 2 aliphatic heterocycles. The van der Waals surface area contributed by atoms with Gasteiger partial charge in [0.05, 0.1) is 17.0 Å². The molecule has 4 rings (SSSR count). The largest absolute Gasteiger partial charge is 0.380 e. The normalized spacial score (nSPS) is 21.1. The van der Waals surface area contributed by atoms with E-state index in [0.717, 1.165) is 10.6 Å². The summed E-state index contributed by atoms with van der Waals surface area (Å²) in [5.41, 5.74) is 1.33. The number of hydrogen-bond acceptors (Lipinski definition) is 6. The number of morpholine rings is 1. The second-order valence-electron chi connectivity index (χ2n) is 7.71. The van der Waals surface area contributed by atoms with Crippen LogP contribution in [0.25, 0.3) is 6.08 Å². The number of benzene rings is 1. The van der Waals surface area contributed by atoms with Gasteiger partial charge in [0.1, 0.15) is 12.6 Å². The van der Waals surface area contributed by atoms with Gasteiger partial charge >= 0.3 is 0 Å². The van der Waals surface area contributed by atoms with Crippen LogP contribution >= 0.6 is 22.9 Å². The average molecular weight is 490 g/mol. The van der Waals surface area contributed by atoms with Crippen molar-refractivity contribution in [3.05, 3.63) is 51.7 Å². The second-order valence-corrected chi connectivity index (χ2v) is 9.46. The molecule has 3 amide bonds. The highest BCUT2D eigenvalue weighted by Gasteiger charge is 2.39. The number of rotatable bonds is 6. The summed E-state index contributed by atoms with van der Waals surface area (Å²) in [5, 5.41) is 2.88. The molecule has 0 bridgehead atoms. The van der Waals surface area contributed by atoms with Crippen LogP contribution in [0.15, 0.2) is 42.5 Å². The molecule has 0 radical (unpaired) electrons. The van der Waals surface area contributed by atoms with E-state index < -0.39 is 6.04 Å². The van der Waals surface area contributed by atoms with Gasteiger partial charge in [0.15, 0.2) is 0 Å². The first-order valence-electron chi connectivity index (χ1n) is 10.5. The quantitative estimate of drug-likeness (QED) is 0.630. The van der Waals surface area contributed by atoms with E-state index in [9.17, 15) is 14.4 Å². The standard InChI is InChI=1S/C23H24ClN3O5S/c1-31-17-12-19(27(13-17)21(28)9-7-18-6-8-20(24)33-18)23(30)25-15-2-4-16(5-3-15)26-10-11-32-14-22(26)29/h2-9,17,19H,10-14H2,1H3,(H,25,30)/b9-7+/t17-,19-/m1/s1. The average Bonchev–Trinajstić information content (AvgIpc) is 3.45. The summed E-state index contributed by atoms with van der Waals surface area (Å²) in [7, 11) is 1.57. The first-order chi connectivity index (χ1) is 15.9. The van der Waals surface area contributed by atoms with Crippen molar-refractivity contribution in [1.29, 1.82) is 0 Å². The van der Waals surface area contributed by atoms with Gasteiger partial charge in [0.2, 0.25) is 11.8 Å². The van der Waals surface area contributed by atoms with Crippen LogP contribution in [0.1, 0.15) is 11.3 Å². The highest BCUT2D eigenvalue weighted by atomic mass is 35.5. The number of anilines is 2. The van der Waals surface area contributed by atoms with E-state index >= 15 is 0 Å². The van der Waals surface area contributed by atoms with Crippen molar-refractivity contribution in [3.63, 3.8) is 0 Å². The number of ether oxygens (including phenoxy) is 2. The predicted molar refractivity (Wildman–Crippen MR) is 128 cm³/mol. The lowest BCUT2D eigenvalue weighted by Crippen LogP contribution is -2.42. The number of thiophene rings is 1.